The Morgan fingerprint density at radius 2 is 2.04 bits per heavy atom. The number of likely N-dealkylation sites (tertiary alicyclic amines) is 1. The Balaban J connectivity index is 1.73. The van der Waals surface area contributed by atoms with Gasteiger partial charge in [-0.05, 0) is 17.6 Å². The highest BCUT2D eigenvalue weighted by Crippen LogP contribution is 2.33. The lowest BCUT2D eigenvalue weighted by Crippen LogP contribution is -2.27. The van der Waals surface area contributed by atoms with Gasteiger partial charge in [-0.1, -0.05) is 35.5 Å². The van der Waals surface area contributed by atoms with Crippen LogP contribution in [0.4, 0.5) is 0 Å². The van der Waals surface area contributed by atoms with E-state index in [1.807, 2.05) is 30.3 Å². The Morgan fingerprint density at radius 1 is 1.28 bits per heavy atom. The van der Waals surface area contributed by atoms with Crippen LogP contribution in [0.1, 0.15) is 23.6 Å². The summed E-state index contributed by atoms with van der Waals surface area (Å²) in [6.45, 7) is 0.861. The topological polar surface area (TPSA) is 88.3 Å². The molecule has 1 aromatic heterocycles. The van der Waals surface area contributed by atoms with Crippen LogP contribution in [0.25, 0.3) is 6.08 Å². The number of hydrogen-bond acceptors (Lipinski definition) is 4. The summed E-state index contributed by atoms with van der Waals surface area (Å²) in [5.74, 6) is -1.26. The van der Waals surface area contributed by atoms with Gasteiger partial charge in [0.05, 0.1) is 12.1 Å². The predicted octanol–water partition coefficient (Wildman–Crippen LogP) is 1.55. The number of aryl methyl sites for hydroxylation is 1. The number of amides is 1. The maximum absolute atomic E-state index is 12.5. The van der Waals surface area contributed by atoms with E-state index in [1.165, 1.54) is 6.08 Å². The lowest BCUT2D eigenvalue weighted by molar-refractivity contribution is -0.138. The number of aromatic nitrogens is 3. The zero-order valence-electron chi connectivity index (χ0n) is 13.9. The Kier molecular flexibility index (Phi) is 4.92. The summed E-state index contributed by atoms with van der Waals surface area (Å²) in [6, 6.07) is 9.58. The summed E-state index contributed by atoms with van der Waals surface area (Å²) in [6.07, 6.45) is 5.09. The first kappa shape index (κ1) is 16.9. The van der Waals surface area contributed by atoms with Crippen LogP contribution in [0.2, 0.25) is 0 Å². The molecule has 0 spiro atoms. The first-order chi connectivity index (χ1) is 12.0. The predicted molar refractivity (Wildman–Crippen MR) is 91.5 cm³/mol. The molecular weight excluding hydrogens is 320 g/mol. The highest BCUT2D eigenvalue weighted by molar-refractivity contribution is 5.92. The van der Waals surface area contributed by atoms with Crippen LogP contribution in [-0.2, 0) is 16.6 Å². The molecule has 1 amide bonds. The molecule has 3 rings (SSSR count). The fourth-order valence-corrected chi connectivity index (χ4v) is 3.19. The Bertz CT molecular complexity index is 785. The smallest absolute Gasteiger partial charge is 0.303 e. The Hall–Kier alpha value is -2.96. The van der Waals surface area contributed by atoms with Gasteiger partial charge in [-0.15, -0.1) is 5.10 Å². The van der Waals surface area contributed by atoms with Gasteiger partial charge >= 0.3 is 5.97 Å². The molecule has 1 fully saturated rings. The number of nitrogens with zero attached hydrogens (tertiary/aromatic N) is 4. The maximum atomic E-state index is 12.5. The molecule has 1 aliphatic heterocycles. The van der Waals surface area contributed by atoms with E-state index in [-0.39, 0.29) is 24.2 Å². The van der Waals surface area contributed by atoms with Gasteiger partial charge in [0.15, 0.2) is 0 Å². The van der Waals surface area contributed by atoms with Crippen molar-refractivity contribution >= 4 is 18.0 Å². The Labute approximate surface area is 145 Å². The minimum atomic E-state index is -0.868. The van der Waals surface area contributed by atoms with E-state index >= 15 is 0 Å². The molecule has 7 heteroatoms. The molecule has 2 aromatic rings. The molecule has 2 heterocycles. The third-order valence-corrected chi connectivity index (χ3v) is 4.41. The van der Waals surface area contributed by atoms with Crippen molar-refractivity contribution in [1.29, 1.82) is 0 Å². The zero-order chi connectivity index (χ0) is 17.8. The lowest BCUT2D eigenvalue weighted by Gasteiger charge is -2.13. The second kappa shape index (κ2) is 7.29. The quantitative estimate of drug-likeness (QED) is 0.834. The molecule has 0 radical (unpaired) electrons. The second-order valence-electron chi connectivity index (χ2n) is 6.27. The van der Waals surface area contributed by atoms with Gasteiger partial charge in [0, 0.05) is 38.3 Å². The van der Waals surface area contributed by atoms with Crippen LogP contribution in [0.3, 0.4) is 0 Å². The van der Waals surface area contributed by atoms with Crippen molar-refractivity contribution in [1.82, 2.24) is 19.9 Å². The Morgan fingerprint density at radius 3 is 2.68 bits per heavy atom. The summed E-state index contributed by atoms with van der Waals surface area (Å²) in [5.41, 5.74) is 1.68. The molecule has 7 nitrogen and oxygen atoms in total. The van der Waals surface area contributed by atoms with Crippen LogP contribution < -0.4 is 0 Å². The molecule has 25 heavy (non-hydrogen) atoms. The largest absolute Gasteiger partial charge is 0.481 e. The maximum Gasteiger partial charge on any atom is 0.303 e. The van der Waals surface area contributed by atoms with E-state index in [0.717, 1.165) is 11.3 Å². The average Bonchev–Trinajstić information content (AvgIpc) is 3.19. The highest BCUT2D eigenvalue weighted by Gasteiger charge is 2.38. The highest BCUT2D eigenvalue weighted by atomic mass is 16.4. The van der Waals surface area contributed by atoms with Crippen LogP contribution in [0, 0.1) is 5.92 Å². The van der Waals surface area contributed by atoms with E-state index < -0.39 is 5.97 Å². The number of rotatable bonds is 5. The number of carbonyl (C=O) groups is 2. The van der Waals surface area contributed by atoms with Crippen molar-refractivity contribution in [3.8, 4) is 0 Å². The molecule has 130 valence electrons. The molecule has 0 bridgehead atoms. The minimum absolute atomic E-state index is 0.00736. The summed E-state index contributed by atoms with van der Waals surface area (Å²) in [5, 5.41) is 17.2. The molecule has 1 N–H and O–H groups in total. The molecule has 1 aliphatic rings. The number of carboxylic acid groups (broad SMARTS) is 1. The van der Waals surface area contributed by atoms with Gasteiger partial charge in [0.2, 0.25) is 5.91 Å². The normalized spacial score (nSPS) is 20.3. The van der Waals surface area contributed by atoms with E-state index in [0.29, 0.717) is 13.1 Å². The van der Waals surface area contributed by atoms with Crippen LogP contribution in [0.15, 0.2) is 42.6 Å². The number of carbonyl (C=O) groups excluding carboxylic acids is 1. The zero-order valence-corrected chi connectivity index (χ0v) is 13.9. The van der Waals surface area contributed by atoms with Crippen molar-refractivity contribution in [2.24, 2.45) is 13.0 Å². The van der Waals surface area contributed by atoms with Crippen LogP contribution >= 0.6 is 0 Å². The van der Waals surface area contributed by atoms with Gasteiger partial charge < -0.3 is 10.0 Å². The third-order valence-electron chi connectivity index (χ3n) is 4.41. The van der Waals surface area contributed by atoms with Crippen LogP contribution in [0.5, 0.6) is 0 Å². The van der Waals surface area contributed by atoms with Gasteiger partial charge in [0.25, 0.3) is 0 Å². The van der Waals surface area contributed by atoms with Gasteiger partial charge in [-0.2, -0.15) is 0 Å². The number of benzene rings is 1. The van der Waals surface area contributed by atoms with E-state index in [2.05, 4.69) is 10.3 Å². The van der Waals surface area contributed by atoms with E-state index in [1.54, 1.807) is 28.9 Å². The van der Waals surface area contributed by atoms with Gasteiger partial charge in [0.1, 0.15) is 0 Å². The summed E-state index contributed by atoms with van der Waals surface area (Å²) in [4.78, 5) is 25.3. The SMILES string of the molecule is Cn1cc([C@@H]2CN(C(=O)C=Cc3ccccc3)C[C@@H]2CC(=O)O)nn1. The molecule has 0 saturated carbocycles. The molecule has 0 unspecified atom stereocenters. The number of aliphatic carboxylic acids is 1. The summed E-state index contributed by atoms with van der Waals surface area (Å²) < 4.78 is 1.59. The number of hydrogen-bond donors (Lipinski definition) is 1. The van der Waals surface area contributed by atoms with Crippen LogP contribution in [-0.4, -0.2) is 50.0 Å². The average molecular weight is 340 g/mol. The number of carboxylic acids is 1. The van der Waals surface area contributed by atoms with Crippen molar-refractivity contribution in [2.45, 2.75) is 12.3 Å². The van der Waals surface area contributed by atoms with E-state index in [9.17, 15) is 9.59 Å². The van der Waals surface area contributed by atoms with Gasteiger partial charge in [-0.25, -0.2) is 0 Å². The minimum Gasteiger partial charge on any atom is -0.481 e. The fraction of sp³-hybridized carbons (Fsp3) is 0.333. The van der Waals surface area contributed by atoms with E-state index in [4.69, 9.17) is 5.11 Å². The molecule has 1 saturated heterocycles. The van der Waals surface area contributed by atoms with Crippen molar-refractivity contribution < 1.29 is 14.7 Å². The lowest BCUT2D eigenvalue weighted by atomic mass is 9.91. The summed E-state index contributed by atoms with van der Waals surface area (Å²) >= 11 is 0. The second-order valence-corrected chi connectivity index (χ2v) is 6.27. The molecule has 2 atom stereocenters. The summed E-state index contributed by atoms with van der Waals surface area (Å²) in [7, 11) is 1.77. The standard InChI is InChI=1S/C18H20N4O3/c1-21-12-16(19-20-21)15-11-22(10-14(15)9-18(24)25)17(23)8-7-13-5-3-2-4-6-13/h2-8,12,14-15H,9-11H2,1H3,(H,24,25)/t14-,15+/m0/s1. The molecular formula is C18H20N4O3. The first-order valence-electron chi connectivity index (χ1n) is 8.13. The third kappa shape index (κ3) is 4.12. The molecule has 0 aliphatic carbocycles. The van der Waals surface area contributed by atoms with Crippen molar-refractivity contribution in [2.75, 3.05) is 13.1 Å². The van der Waals surface area contributed by atoms with Crippen molar-refractivity contribution in [3.63, 3.8) is 0 Å². The van der Waals surface area contributed by atoms with Crippen molar-refractivity contribution in [3.05, 3.63) is 53.9 Å². The molecule has 1 aromatic carbocycles. The monoisotopic (exact) mass is 340 g/mol. The fourth-order valence-electron chi connectivity index (χ4n) is 3.19. The van der Waals surface area contributed by atoms with Gasteiger partial charge in [-0.3, -0.25) is 14.3 Å². The first-order valence-corrected chi connectivity index (χ1v) is 8.13.